The number of carbonyl (C=O) groups excluding carboxylic acids is 6. The van der Waals surface area contributed by atoms with Crippen LogP contribution in [-0.2, 0) is 48.1 Å². The van der Waals surface area contributed by atoms with E-state index in [2.05, 4.69) is 31.9 Å². The number of aliphatic carboxylic acids is 1. The predicted molar refractivity (Wildman–Crippen MR) is 215 cm³/mol. The van der Waals surface area contributed by atoms with Gasteiger partial charge in [-0.1, -0.05) is 18.2 Å². The van der Waals surface area contributed by atoms with Gasteiger partial charge in [0, 0.05) is 45.6 Å². The number of likely N-dealkylation sites (N-methyl/N-ethyl adjacent to an activating group) is 1. The molecule has 2 aromatic carbocycles. The molecule has 0 aromatic heterocycles. The molecule has 10 N–H and O–H groups in total. The summed E-state index contributed by atoms with van der Waals surface area (Å²) in [5, 5.41) is 55.8. The van der Waals surface area contributed by atoms with Gasteiger partial charge in [0.15, 0.2) is 0 Å². The molecule has 60 heavy (non-hydrogen) atoms. The summed E-state index contributed by atoms with van der Waals surface area (Å²) in [6.45, 7) is 1.88. The number of phenolic OH excluding ortho intramolecular Hbond substituents is 2. The zero-order chi connectivity index (χ0) is 43.7. The molecule has 324 valence electrons. The SMILES string of the molecule is CSCC[C@@H](NC(=O)N[C@@H](Cc1cccc(O)c1)C(=O)O)C(=O)N[C@H](C(=O)NC=C1C[C@@H](O)[C@@H](N2CCC(=O)NC2=O)O1)[C@H](C)N(C)C(=O)[C@@H]1Cc2cc(O)ccc2CN1. The van der Waals surface area contributed by atoms with Crippen LogP contribution in [-0.4, -0.2) is 140 Å². The van der Waals surface area contributed by atoms with Gasteiger partial charge in [0.25, 0.3) is 0 Å². The van der Waals surface area contributed by atoms with Gasteiger partial charge in [-0.2, -0.15) is 11.8 Å². The normalized spacial score (nSPS) is 21.3. The number of carboxylic acid groups (broad SMARTS) is 1. The zero-order valence-corrected chi connectivity index (χ0v) is 34.0. The van der Waals surface area contributed by atoms with Crippen LogP contribution in [0.25, 0.3) is 0 Å². The Kier molecular flexibility index (Phi) is 15.2. The number of hydrogen-bond donors (Lipinski definition) is 10. The van der Waals surface area contributed by atoms with Gasteiger partial charge in [0.2, 0.25) is 29.9 Å². The molecule has 3 heterocycles. The maximum absolute atomic E-state index is 14.0. The molecule has 0 unspecified atom stereocenters. The highest BCUT2D eigenvalue weighted by Crippen LogP contribution is 2.27. The maximum atomic E-state index is 14.0. The van der Waals surface area contributed by atoms with Gasteiger partial charge in [0.1, 0.15) is 41.5 Å². The van der Waals surface area contributed by atoms with Crippen LogP contribution in [0.15, 0.2) is 54.4 Å². The van der Waals surface area contributed by atoms with E-state index in [0.29, 0.717) is 17.9 Å². The Morgan fingerprint density at radius 1 is 1.00 bits per heavy atom. The van der Waals surface area contributed by atoms with Crippen LogP contribution in [0, 0.1) is 0 Å². The Balaban J connectivity index is 1.33. The number of aliphatic hydroxyl groups is 1. The topological polar surface area (TPSA) is 288 Å². The Morgan fingerprint density at radius 2 is 1.73 bits per heavy atom. The monoisotopic (exact) mass is 854 g/mol. The van der Waals surface area contributed by atoms with Crippen molar-refractivity contribution in [2.45, 2.75) is 88.1 Å². The first-order chi connectivity index (χ1) is 28.5. The Labute approximate surface area is 349 Å². The molecule has 2 aromatic rings. The standard InChI is InChI=1S/C39H50N8O12S/c1-20(46(2)35(54)28-16-23-15-25(49)8-7-22(23)18-40-28)32(34(53)41-19-26-17-30(50)36(59-26)47-11-9-31(51)44-39(47)58)45-33(52)27(10-12-60-3)42-38(57)43-29(37(55)56)14-21-5-4-6-24(48)13-21/h4-8,13,15,19-20,27-30,32,36,40,48-50H,9-12,14,16-18H2,1-3H3,(H,41,53)(H,45,52)(H,55,56)(H2,42,43,57)(H,44,51,58)/t20-,27+,28-,29-,30+,32-,36-/m0/s1. The number of thioether (sulfide) groups is 1. The van der Waals surface area contributed by atoms with Crippen LogP contribution in [0.4, 0.5) is 9.59 Å². The number of phenols is 2. The Bertz CT molecular complexity index is 2000. The molecule has 20 nitrogen and oxygen atoms in total. The fraction of sp³-hybridized carbons (Fsp3) is 0.462. The van der Waals surface area contributed by atoms with Crippen molar-refractivity contribution in [1.29, 1.82) is 0 Å². The number of carbonyl (C=O) groups is 7. The number of amides is 8. The van der Waals surface area contributed by atoms with Gasteiger partial charge in [-0.05, 0) is 72.7 Å². The Morgan fingerprint density at radius 3 is 2.43 bits per heavy atom. The van der Waals surface area contributed by atoms with Crippen LogP contribution in [0.2, 0.25) is 0 Å². The van der Waals surface area contributed by atoms with Crippen molar-refractivity contribution in [1.82, 2.24) is 41.7 Å². The average molecular weight is 855 g/mol. The molecule has 0 aliphatic carbocycles. The van der Waals surface area contributed by atoms with Gasteiger partial charge < -0.3 is 56.6 Å². The molecule has 2 saturated heterocycles. The first-order valence-electron chi connectivity index (χ1n) is 19.2. The van der Waals surface area contributed by atoms with Crippen molar-refractivity contribution in [2.75, 3.05) is 25.6 Å². The number of nitrogens with zero attached hydrogens (tertiary/aromatic N) is 2. The lowest BCUT2D eigenvalue weighted by molar-refractivity contribution is -0.139. The predicted octanol–water partition coefficient (Wildman–Crippen LogP) is -0.433. The second-order valence-corrected chi connectivity index (χ2v) is 15.7. The van der Waals surface area contributed by atoms with E-state index in [1.165, 1.54) is 48.8 Å². The number of urea groups is 2. The van der Waals surface area contributed by atoms with Gasteiger partial charge in [-0.3, -0.25) is 29.4 Å². The van der Waals surface area contributed by atoms with Gasteiger partial charge >= 0.3 is 18.0 Å². The quantitative estimate of drug-likeness (QED) is 0.103. The number of nitrogens with one attached hydrogen (secondary N) is 6. The second-order valence-electron chi connectivity index (χ2n) is 14.7. The van der Waals surface area contributed by atoms with Gasteiger partial charge in [-0.25, -0.2) is 14.4 Å². The number of hydrogen-bond acceptors (Lipinski definition) is 13. The number of aromatic hydroxyl groups is 2. The van der Waals surface area contributed by atoms with E-state index in [-0.39, 0.29) is 55.9 Å². The van der Waals surface area contributed by atoms with E-state index in [4.69, 9.17) is 4.74 Å². The van der Waals surface area contributed by atoms with Crippen LogP contribution in [0.5, 0.6) is 11.5 Å². The highest BCUT2D eigenvalue weighted by atomic mass is 32.2. The third-order valence-electron chi connectivity index (χ3n) is 10.4. The summed E-state index contributed by atoms with van der Waals surface area (Å²) in [5.74, 6) is -3.49. The minimum Gasteiger partial charge on any atom is -0.508 e. The highest BCUT2D eigenvalue weighted by Gasteiger charge is 2.41. The fourth-order valence-corrected chi connectivity index (χ4v) is 7.47. The minimum absolute atomic E-state index is 0.00107. The molecule has 8 amide bonds. The third-order valence-corrected chi connectivity index (χ3v) is 11.1. The molecule has 0 radical (unpaired) electrons. The third kappa shape index (κ3) is 11.6. The number of carboxylic acids is 1. The summed E-state index contributed by atoms with van der Waals surface area (Å²) < 4.78 is 5.77. The minimum atomic E-state index is -1.47. The van der Waals surface area contributed by atoms with Gasteiger partial charge in [0.05, 0.1) is 12.1 Å². The molecular weight excluding hydrogens is 805 g/mol. The number of aliphatic hydroxyl groups excluding tert-OH is 1. The fourth-order valence-electron chi connectivity index (χ4n) is 7.00. The summed E-state index contributed by atoms with van der Waals surface area (Å²) in [6, 6.07) is 3.07. The van der Waals surface area contributed by atoms with Crippen molar-refractivity contribution >= 4 is 53.4 Å². The molecular formula is C39H50N8O12S. The van der Waals surface area contributed by atoms with E-state index in [9.17, 15) is 54.0 Å². The van der Waals surface area contributed by atoms with E-state index in [0.717, 1.165) is 22.2 Å². The van der Waals surface area contributed by atoms with Crippen molar-refractivity contribution in [3.05, 3.63) is 71.1 Å². The molecule has 3 aliphatic rings. The lowest BCUT2D eigenvalue weighted by Crippen LogP contribution is -2.62. The first kappa shape index (κ1) is 45.0. The van der Waals surface area contributed by atoms with E-state index in [1.54, 1.807) is 30.5 Å². The average Bonchev–Trinajstić information content (AvgIpc) is 3.58. The molecule has 2 fully saturated rings. The number of imide groups is 1. The van der Waals surface area contributed by atoms with Crippen LogP contribution in [0.3, 0.4) is 0 Å². The Hall–Kier alpha value is -6.06. The van der Waals surface area contributed by atoms with E-state index < -0.39 is 84.2 Å². The number of benzene rings is 2. The molecule has 7 atom stereocenters. The second kappa shape index (κ2) is 20.3. The summed E-state index contributed by atoms with van der Waals surface area (Å²) in [5.41, 5.74) is 2.10. The lowest BCUT2D eigenvalue weighted by atomic mass is 9.94. The summed E-state index contributed by atoms with van der Waals surface area (Å²) >= 11 is 1.37. The van der Waals surface area contributed by atoms with E-state index in [1.807, 2.05) is 0 Å². The summed E-state index contributed by atoms with van der Waals surface area (Å²) in [4.78, 5) is 93.8. The lowest BCUT2D eigenvalue weighted by Gasteiger charge is -2.36. The summed E-state index contributed by atoms with van der Waals surface area (Å²) in [7, 11) is 1.46. The largest absolute Gasteiger partial charge is 0.508 e. The highest BCUT2D eigenvalue weighted by molar-refractivity contribution is 7.98. The number of ether oxygens (including phenoxy) is 1. The van der Waals surface area contributed by atoms with Crippen LogP contribution in [0.1, 0.15) is 42.9 Å². The maximum Gasteiger partial charge on any atom is 0.327 e. The van der Waals surface area contributed by atoms with Crippen molar-refractivity contribution in [2.24, 2.45) is 0 Å². The van der Waals surface area contributed by atoms with Crippen LogP contribution < -0.4 is 31.9 Å². The molecule has 21 heteroatoms. The molecule has 0 saturated carbocycles. The van der Waals surface area contributed by atoms with Crippen molar-refractivity contribution in [3.63, 3.8) is 0 Å². The zero-order valence-electron chi connectivity index (χ0n) is 33.2. The smallest absolute Gasteiger partial charge is 0.327 e. The molecule has 5 rings (SSSR count). The van der Waals surface area contributed by atoms with Crippen molar-refractivity contribution in [3.8, 4) is 11.5 Å². The number of fused-ring (bicyclic) bond motifs is 1. The van der Waals surface area contributed by atoms with Crippen LogP contribution >= 0.6 is 11.8 Å². The molecule has 0 bridgehead atoms. The first-order valence-corrected chi connectivity index (χ1v) is 20.6. The summed E-state index contributed by atoms with van der Waals surface area (Å²) in [6.07, 6.45) is 0.594. The van der Waals surface area contributed by atoms with Gasteiger partial charge in [-0.15, -0.1) is 0 Å². The number of rotatable bonds is 16. The van der Waals surface area contributed by atoms with E-state index >= 15 is 0 Å². The molecule has 0 spiro atoms. The van der Waals surface area contributed by atoms with Crippen molar-refractivity contribution < 1.29 is 58.7 Å². The molecule has 3 aliphatic heterocycles.